The summed E-state index contributed by atoms with van der Waals surface area (Å²) < 4.78 is 44.5. The fraction of sp³-hybridized carbons (Fsp3) is 0.455. The van der Waals surface area contributed by atoms with Gasteiger partial charge in [-0.2, -0.15) is 9.97 Å². The van der Waals surface area contributed by atoms with Gasteiger partial charge in [0.1, 0.15) is 22.9 Å². The van der Waals surface area contributed by atoms with Crippen LogP contribution in [-0.4, -0.2) is 83.6 Å². The Bertz CT molecular complexity index is 1680. The molecule has 3 aromatic carbocycles. The van der Waals surface area contributed by atoms with Crippen molar-refractivity contribution >= 4 is 27.5 Å². The molecule has 0 saturated carbocycles. The van der Waals surface area contributed by atoms with Gasteiger partial charge in [-0.25, -0.2) is 8.78 Å². The molecule has 4 aliphatic rings. The quantitative estimate of drug-likeness (QED) is 0.292. The van der Waals surface area contributed by atoms with Gasteiger partial charge in [-0.1, -0.05) is 24.3 Å². The van der Waals surface area contributed by atoms with E-state index in [1.165, 1.54) is 12.1 Å². The van der Waals surface area contributed by atoms with Crippen molar-refractivity contribution in [1.29, 1.82) is 0 Å². The molecular formula is C33H35F2N5O3. The lowest BCUT2D eigenvalue weighted by atomic mass is 9.96. The first-order valence-corrected chi connectivity index (χ1v) is 15.4. The second kappa shape index (κ2) is 10.8. The van der Waals surface area contributed by atoms with E-state index < -0.39 is 11.6 Å². The van der Waals surface area contributed by atoms with Crippen LogP contribution in [0.2, 0.25) is 0 Å². The van der Waals surface area contributed by atoms with Crippen LogP contribution in [-0.2, 0) is 4.74 Å². The summed E-state index contributed by atoms with van der Waals surface area (Å²) in [5, 5.41) is 15.5. The fourth-order valence-corrected chi connectivity index (χ4v) is 7.66. The highest BCUT2D eigenvalue weighted by Gasteiger charge is 2.37. The third-order valence-electron chi connectivity index (χ3n) is 9.66. The lowest BCUT2D eigenvalue weighted by Gasteiger charge is -2.34. The van der Waals surface area contributed by atoms with Crippen LogP contribution in [0.3, 0.4) is 0 Å². The summed E-state index contributed by atoms with van der Waals surface area (Å²) >= 11 is 0. The number of phenolic OH excluding ortho intramolecular Hbond substituents is 1. The molecule has 4 bridgehead atoms. The molecule has 4 aliphatic heterocycles. The van der Waals surface area contributed by atoms with Crippen LogP contribution in [0.15, 0.2) is 42.5 Å². The Morgan fingerprint density at radius 1 is 0.953 bits per heavy atom. The number of rotatable bonds is 7. The SMILES string of the molecule is Oc1cc(-c2cc(F)c3c(N4CC5CCC(C4)N5)nc(OCCCN4C5CCC4COC5)nc3c2F)c2ccccc2c1. The number of anilines is 1. The highest BCUT2D eigenvalue weighted by molar-refractivity contribution is 6.01. The summed E-state index contributed by atoms with van der Waals surface area (Å²) in [4.78, 5) is 13.7. The first-order valence-electron chi connectivity index (χ1n) is 15.4. The standard InChI is InChI=1S/C33H35F2N5O3/c34-28-14-27(26-13-24(41)12-19-4-1-2-5-25(19)26)30(35)31-29(28)32(39-15-20-6-7-21(16-39)36-20)38-33(37-31)43-11-3-10-40-22-8-9-23(40)18-42-17-22/h1-2,4-5,12-14,20-23,36,41H,3,6-11,15-18H2. The Morgan fingerprint density at radius 2 is 1.72 bits per heavy atom. The van der Waals surface area contributed by atoms with Gasteiger partial charge in [0, 0.05) is 49.4 Å². The third kappa shape index (κ3) is 4.85. The number of aromatic hydroxyl groups is 1. The number of morpholine rings is 1. The molecular weight excluding hydrogens is 552 g/mol. The minimum absolute atomic E-state index is 0.0222. The largest absolute Gasteiger partial charge is 0.508 e. The van der Waals surface area contributed by atoms with E-state index in [0.29, 0.717) is 48.5 Å². The van der Waals surface area contributed by atoms with Gasteiger partial charge in [0.25, 0.3) is 0 Å². The van der Waals surface area contributed by atoms with E-state index in [4.69, 9.17) is 14.5 Å². The second-order valence-electron chi connectivity index (χ2n) is 12.4. The Labute approximate surface area is 248 Å². The molecule has 4 saturated heterocycles. The predicted molar refractivity (Wildman–Crippen MR) is 161 cm³/mol. The molecule has 5 heterocycles. The third-order valence-corrected chi connectivity index (χ3v) is 9.66. The van der Waals surface area contributed by atoms with Crippen LogP contribution in [0.25, 0.3) is 32.8 Å². The molecule has 43 heavy (non-hydrogen) atoms. The van der Waals surface area contributed by atoms with Crippen LogP contribution in [0.4, 0.5) is 14.6 Å². The van der Waals surface area contributed by atoms with Gasteiger partial charge in [-0.3, -0.25) is 4.90 Å². The number of fused-ring (bicyclic) bond motifs is 6. The summed E-state index contributed by atoms with van der Waals surface area (Å²) in [5.41, 5.74) is 0.326. The van der Waals surface area contributed by atoms with Crippen molar-refractivity contribution in [3.8, 4) is 22.9 Å². The highest BCUT2D eigenvalue weighted by atomic mass is 19.1. The van der Waals surface area contributed by atoms with E-state index in [0.717, 1.165) is 57.2 Å². The zero-order chi connectivity index (χ0) is 29.1. The first-order chi connectivity index (χ1) is 21.0. The van der Waals surface area contributed by atoms with E-state index in [1.54, 1.807) is 6.07 Å². The molecule has 0 amide bonds. The number of ether oxygens (including phenoxy) is 2. The van der Waals surface area contributed by atoms with Crippen molar-refractivity contribution in [1.82, 2.24) is 20.2 Å². The molecule has 8 rings (SSSR count). The Hall–Kier alpha value is -3.60. The van der Waals surface area contributed by atoms with Crippen LogP contribution in [0.1, 0.15) is 32.1 Å². The summed E-state index contributed by atoms with van der Waals surface area (Å²) in [5.74, 6) is -0.919. The van der Waals surface area contributed by atoms with Crippen molar-refractivity contribution in [2.75, 3.05) is 44.4 Å². The molecule has 2 N–H and O–H groups in total. The smallest absolute Gasteiger partial charge is 0.319 e. The van der Waals surface area contributed by atoms with Gasteiger partial charge in [0.05, 0.1) is 25.2 Å². The average Bonchev–Trinajstić information content (AvgIpc) is 3.46. The molecule has 224 valence electrons. The lowest BCUT2D eigenvalue weighted by Crippen LogP contribution is -2.51. The van der Waals surface area contributed by atoms with Crippen molar-refractivity contribution < 1.29 is 23.4 Å². The van der Waals surface area contributed by atoms with E-state index in [2.05, 4.69) is 15.2 Å². The molecule has 0 spiro atoms. The molecule has 4 fully saturated rings. The maximum atomic E-state index is 16.6. The van der Waals surface area contributed by atoms with Gasteiger partial charge in [0.2, 0.25) is 0 Å². The van der Waals surface area contributed by atoms with E-state index >= 15 is 8.78 Å². The molecule has 10 heteroatoms. The van der Waals surface area contributed by atoms with Gasteiger partial charge >= 0.3 is 6.01 Å². The fourth-order valence-electron chi connectivity index (χ4n) is 7.66. The number of aromatic nitrogens is 2. The summed E-state index contributed by atoms with van der Waals surface area (Å²) in [6.45, 7) is 4.13. The van der Waals surface area contributed by atoms with E-state index in [-0.39, 0.29) is 40.3 Å². The van der Waals surface area contributed by atoms with Crippen molar-refractivity contribution in [2.24, 2.45) is 0 Å². The van der Waals surface area contributed by atoms with Gasteiger partial charge in [-0.05, 0) is 66.6 Å². The number of nitrogens with one attached hydrogen (secondary N) is 1. The van der Waals surface area contributed by atoms with E-state index in [1.807, 2.05) is 29.2 Å². The minimum atomic E-state index is -0.663. The topological polar surface area (TPSA) is 83.0 Å². The lowest BCUT2D eigenvalue weighted by molar-refractivity contribution is -0.0161. The molecule has 0 radical (unpaired) electrons. The van der Waals surface area contributed by atoms with Crippen LogP contribution >= 0.6 is 0 Å². The number of hydrogen-bond donors (Lipinski definition) is 2. The summed E-state index contributed by atoms with van der Waals surface area (Å²) in [7, 11) is 0. The second-order valence-corrected chi connectivity index (χ2v) is 12.4. The molecule has 4 unspecified atom stereocenters. The predicted octanol–water partition coefficient (Wildman–Crippen LogP) is 5.01. The molecule has 4 aromatic rings. The number of halogens is 2. The number of piperazine rings is 1. The number of nitrogens with zero attached hydrogens (tertiary/aromatic N) is 4. The zero-order valence-electron chi connectivity index (χ0n) is 23.9. The number of benzene rings is 3. The van der Waals surface area contributed by atoms with Crippen molar-refractivity contribution in [2.45, 2.75) is 56.3 Å². The molecule has 8 nitrogen and oxygen atoms in total. The molecule has 1 aromatic heterocycles. The summed E-state index contributed by atoms with van der Waals surface area (Å²) in [6, 6.07) is 13.2. The Balaban J connectivity index is 1.17. The van der Waals surface area contributed by atoms with Gasteiger partial charge < -0.3 is 24.8 Å². The van der Waals surface area contributed by atoms with Crippen LogP contribution < -0.4 is 15.0 Å². The Kier molecular flexibility index (Phi) is 6.80. The monoisotopic (exact) mass is 587 g/mol. The van der Waals surface area contributed by atoms with Crippen molar-refractivity contribution in [3.05, 3.63) is 54.1 Å². The van der Waals surface area contributed by atoms with E-state index in [9.17, 15) is 5.11 Å². The molecule has 0 aliphatic carbocycles. The normalized spacial score (nSPS) is 25.2. The van der Waals surface area contributed by atoms with Gasteiger partial charge in [0.15, 0.2) is 5.82 Å². The summed E-state index contributed by atoms with van der Waals surface area (Å²) in [6.07, 6.45) is 5.19. The maximum absolute atomic E-state index is 16.6. The first kappa shape index (κ1) is 27.0. The minimum Gasteiger partial charge on any atom is -0.508 e. The highest BCUT2D eigenvalue weighted by Crippen LogP contribution is 2.40. The number of phenols is 1. The number of hydrogen-bond acceptors (Lipinski definition) is 8. The van der Waals surface area contributed by atoms with Crippen LogP contribution in [0, 0.1) is 11.6 Å². The molecule has 4 atom stereocenters. The zero-order valence-corrected chi connectivity index (χ0v) is 23.9. The maximum Gasteiger partial charge on any atom is 0.319 e. The van der Waals surface area contributed by atoms with Crippen molar-refractivity contribution in [3.63, 3.8) is 0 Å². The van der Waals surface area contributed by atoms with Gasteiger partial charge in [-0.15, -0.1) is 0 Å². The Morgan fingerprint density at radius 3 is 2.51 bits per heavy atom. The van der Waals surface area contributed by atoms with Crippen LogP contribution in [0.5, 0.6) is 11.8 Å². The average molecular weight is 588 g/mol.